The molecule has 0 spiro atoms. The van der Waals surface area contributed by atoms with E-state index >= 15 is 0 Å². The lowest BCUT2D eigenvalue weighted by molar-refractivity contribution is 0.0640. The summed E-state index contributed by atoms with van der Waals surface area (Å²) in [6.45, 7) is 9.54. The molecule has 124 valence electrons. The van der Waals surface area contributed by atoms with Gasteiger partial charge in [-0.05, 0) is 42.3 Å². The number of amides is 2. The molecule has 1 aromatic heterocycles. The van der Waals surface area contributed by atoms with E-state index in [4.69, 9.17) is 0 Å². The van der Waals surface area contributed by atoms with Crippen LogP contribution in [0.3, 0.4) is 0 Å². The molecule has 0 saturated heterocycles. The van der Waals surface area contributed by atoms with Crippen molar-refractivity contribution in [1.29, 1.82) is 0 Å². The number of aromatic nitrogens is 1. The van der Waals surface area contributed by atoms with Gasteiger partial charge in [0, 0.05) is 0 Å². The minimum absolute atomic E-state index is 0.114. The fourth-order valence-electron chi connectivity index (χ4n) is 2.85. The zero-order valence-corrected chi connectivity index (χ0v) is 14.0. The van der Waals surface area contributed by atoms with Crippen molar-refractivity contribution in [2.45, 2.75) is 13.5 Å². The number of carbonyl (C=O) groups is 2. The molecule has 0 bridgehead atoms. The van der Waals surface area contributed by atoms with E-state index in [2.05, 4.69) is 18.1 Å². The van der Waals surface area contributed by atoms with Gasteiger partial charge in [-0.25, -0.2) is 0 Å². The first-order chi connectivity index (χ1) is 12.1. The Hall–Kier alpha value is -3.27. The molecule has 1 aliphatic heterocycles. The molecule has 0 unspecified atom stereocenters. The van der Waals surface area contributed by atoms with Gasteiger partial charge in [0.25, 0.3) is 11.8 Å². The highest BCUT2D eigenvalue weighted by atomic mass is 16.2. The van der Waals surface area contributed by atoms with Crippen LogP contribution in [0.15, 0.2) is 55.6 Å². The summed E-state index contributed by atoms with van der Waals surface area (Å²) in [7, 11) is 0. The van der Waals surface area contributed by atoms with Gasteiger partial charge in [-0.15, -0.1) is 0 Å². The summed E-state index contributed by atoms with van der Waals surface area (Å²) in [4.78, 5) is 31.0. The number of allylic oxidation sites excluding steroid dienone is 2. The lowest BCUT2D eigenvalue weighted by Gasteiger charge is -2.16. The summed E-state index contributed by atoms with van der Waals surface area (Å²) in [6, 6.07) is 8.81. The molecule has 2 heterocycles. The Labute approximate surface area is 146 Å². The standard InChI is InChI=1S/C21H18N2O2/c1-4-6-11-18-14(3)12-15(5-2)19(22-18)13-23-20(24)16-9-7-8-10-17(16)21(23)25/h4-12H,1-2,13H2,3H3/b11-6-. The number of hydrogen-bond acceptors (Lipinski definition) is 3. The molecule has 0 fully saturated rings. The molecule has 2 aromatic rings. The zero-order valence-electron chi connectivity index (χ0n) is 14.0. The van der Waals surface area contributed by atoms with Crippen LogP contribution in [0.1, 0.15) is 43.2 Å². The number of rotatable bonds is 5. The van der Waals surface area contributed by atoms with Crippen molar-refractivity contribution in [2.75, 3.05) is 0 Å². The van der Waals surface area contributed by atoms with Crippen molar-refractivity contribution in [3.05, 3.63) is 89.3 Å². The van der Waals surface area contributed by atoms with Crippen LogP contribution in [0.25, 0.3) is 12.2 Å². The first kappa shape index (κ1) is 16.6. The van der Waals surface area contributed by atoms with Gasteiger partial charge in [-0.3, -0.25) is 19.5 Å². The molecule has 4 nitrogen and oxygen atoms in total. The van der Waals surface area contributed by atoms with Crippen LogP contribution in [-0.4, -0.2) is 21.7 Å². The highest BCUT2D eigenvalue weighted by Crippen LogP contribution is 2.25. The summed E-state index contributed by atoms with van der Waals surface area (Å²) in [5.41, 5.74) is 4.08. The zero-order chi connectivity index (χ0) is 18.0. The lowest BCUT2D eigenvalue weighted by atomic mass is 10.1. The maximum atomic E-state index is 12.6. The monoisotopic (exact) mass is 330 g/mol. The first-order valence-corrected chi connectivity index (χ1v) is 7.94. The van der Waals surface area contributed by atoms with Gasteiger partial charge in [0.15, 0.2) is 0 Å². The second-order valence-electron chi connectivity index (χ2n) is 5.77. The Morgan fingerprint density at radius 1 is 1.12 bits per heavy atom. The van der Waals surface area contributed by atoms with E-state index in [1.165, 1.54) is 4.90 Å². The fraction of sp³-hybridized carbons (Fsp3) is 0.0952. The normalized spacial score (nSPS) is 13.4. The molecule has 0 radical (unpaired) electrons. The molecule has 1 aromatic carbocycles. The van der Waals surface area contributed by atoms with Crippen molar-refractivity contribution < 1.29 is 9.59 Å². The van der Waals surface area contributed by atoms with Gasteiger partial charge in [0.05, 0.1) is 29.1 Å². The van der Waals surface area contributed by atoms with Gasteiger partial charge >= 0.3 is 0 Å². The maximum absolute atomic E-state index is 12.6. The average Bonchev–Trinajstić information content (AvgIpc) is 2.87. The molecule has 0 atom stereocenters. The SMILES string of the molecule is C=C/C=C\c1nc(CN2C(=O)c3ccccc3C2=O)c(C=C)cc1C. The van der Waals surface area contributed by atoms with Gasteiger partial charge in [-0.2, -0.15) is 0 Å². The number of benzene rings is 1. The van der Waals surface area contributed by atoms with E-state index in [0.717, 1.165) is 16.8 Å². The molecule has 0 saturated carbocycles. The lowest BCUT2D eigenvalue weighted by Crippen LogP contribution is -2.30. The minimum Gasteiger partial charge on any atom is -0.269 e. The molecule has 25 heavy (non-hydrogen) atoms. The number of hydrogen-bond donors (Lipinski definition) is 0. The highest BCUT2D eigenvalue weighted by molar-refractivity contribution is 6.21. The topological polar surface area (TPSA) is 50.3 Å². The van der Waals surface area contributed by atoms with Crippen LogP contribution in [0, 0.1) is 6.92 Å². The second kappa shape index (κ2) is 6.69. The summed E-state index contributed by atoms with van der Waals surface area (Å²) in [6.07, 6.45) is 7.01. The summed E-state index contributed by atoms with van der Waals surface area (Å²) in [5.74, 6) is -0.581. The van der Waals surface area contributed by atoms with E-state index in [9.17, 15) is 9.59 Å². The first-order valence-electron chi connectivity index (χ1n) is 7.94. The van der Waals surface area contributed by atoms with E-state index in [1.54, 1.807) is 42.5 Å². The van der Waals surface area contributed by atoms with Crippen molar-refractivity contribution in [3.8, 4) is 0 Å². The predicted molar refractivity (Wildman–Crippen MR) is 98.9 cm³/mol. The largest absolute Gasteiger partial charge is 0.269 e. The van der Waals surface area contributed by atoms with E-state index in [0.29, 0.717) is 16.8 Å². The van der Waals surface area contributed by atoms with E-state index in [1.807, 2.05) is 19.1 Å². The van der Waals surface area contributed by atoms with E-state index < -0.39 is 0 Å². The molecule has 1 aliphatic rings. The smallest absolute Gasteiger partial charge is 0.261 e. The number of carbonyl (C=O) groups excluding carboxylic acids is 2. The van der Waals surface area contributed by atoms with Crippen LogP contribution in [0.5, 0.6) is 0 Å². The van der Waals surface area contributed by atoms with Crippen molar-refractivity contribution in [3.63, 3.8) is 0 Å². The Balaban J connectivity index is 1.99. The Bertz CT molecular complexity index is 890. The number of pyridine rings is 1. The highest BCUT2D eigenvalue weighted by Gasteiger charge is 2.35. The molecule has 0 N–H and O–H groups in total. The second-order valence-corrected chi connectivity index (χ2v) is 5.77. The van der Waals surface area contributed by atoms with Gasteiger partial charge in [0.2, 0.25) is 0 Å². The molecule has 2 amide bonds. The summed E-state index contributed by atoms with van der Waals surface area (Å²) < 4.78 is 0. The van der Waals surface area contributed by atoms with E-state index in [-0.39, 0.29) is 18.4 Å². The van der Waals surface area contributed by atoms with Gasteiger partial charge in [-0.1, -0.05) is 43.5 Å². The van der Waals surface area contributed by atoms with Crippen LogP contribution >= 0.6 is 0 Å². The van der Waals surface area contributed by atoms with Crippen LogP contribution in [0.4, 0.5) is 0 Å². The van der Waals surface area contributed by atoms with Crippen molar-refractivity contribution in [2.24, 2.45) is 0 Å². The molecular formula is C21H18N2O2. The number of nitrogens with zero attached hydrogens (tertiary/aromatic N) is 2. The van der Waals surface area contributed by atoms with Crippen LogP contribution in [-0.2, 0) is 6.54 Å². The third kappa shape index (κ3) is 2.94. The molecule has 3 rings (SSSR count). The predicted octanol–water partition coefficient (Wildman–Crippen LogP) is 4.03. The summed E-state index contributed by atoms with van der Waals surface area (Å²) in [5, 5.41) is 0. The minimum atomic E-state index is -0.291. The van der Waals surface area contributed by atoms with Crippen LogP contribution < -0.4 is 0 Å². The number of imide groups is 1. The van der Waals surface area contributed by atoms with Gasteiger partial charge < -0.3 is 0 Å². The number of aryl methyl sites for hydroxylation is 1. The van der Waals surface area contributed by atoms with Crippen molar-refractivity contribution in [1.82, 2.24) is 9.88 Å². The average molecular weight is 330 g/mol. The maximum Gasteiger partial charge on any atom is 0.261 e. The Morgan fingerprint density at radius 2 is 1.76 bits per heavy atom. The molecule has 0 aliphatic carbocycles. The third-order valence-electron chi connectivity index (χ3n) is 4.16. The fourth-order valence-corrected chi connectivity index (χ4v) is 2.85. The van der Waals surface area contributed by atoms with Gasteiger partial charge in [0.1, 0.15) is 0 Å². The Kier molecular flexibility index (Phi) is 4.44. The molecular weight excluding hydrogens is 312 g/mol. The Morgan fingerprint density at radius 3 is 2.32 bits per heavy atom. The number of fused-ring (bicyclic) bond motifs is 1. The van der Waals surface area contributed by atoms with Crippen LogP contribution in [0.2, 0.25) is 0 Å². The third-order valence-corrected chi connectivity index (χ3v) is 4.16. The summed E-state index contributed by atoms with van der Waals surface area (Å²) >= 11 is 0. The molecule has 4 heteroatoms. The quantitative estimate of drug-likeness (QED) is 0.614. The van der Waals surface area contributed by atoms with Crippen molar-refractivity contribution >= 4 is 24.0 Å².